The normalized spacial score (nSPS) is 22.2. The van der Waals surface area contributed by atoms with Crippen molar-refractivity contribution in [1.82, 2.24) is 10.1 Å². The molecular weight excluding hydrogens is 220 g/mol. The second-order valence-corrected chi connectivity index (χ2v) is 5.05. The van der Waals surface area contributed by atoms with Crippen LogP contribution >= 0.6 is 0 Å². The number of aliphatic hydroxyl groups excluding tert-OH is 1. The monoisotopic (exact) mass is 240 g/mol. The molecule has 1 saturated heterocycles. The number of hydrogen-bond acceptors (Lipinski definition) is 5. The van der Waals surface area contributed by atoms with Gasteiger partial charge in [0.1, 0.15) is 0 Å². The summed E-state index contributed by atoms with van der Waals surface area (Å²) in [5, 5.41) is 13.7. The lowest BCUT2D eigenvalue weighted by Gasteiger charge is -2.10. The Morgan fingerprint density at radius 1 is 1.47 bits per heavy atom. The van der Waals surface area contributed by atoms with Crippen molar-refractivity contribution in [3.05, 3.63) is 11.7 Å². The maximum absolute atomic E-state index is 9.73. The SMILES string of the molecule is CC(C)C(O)Cc1nc(CC2CCOC2)no1. The molecule has 2 rings (SSSR count). The number of hydrogen-bond donors (Lipinski definition) is 1. The summed E-state index contributed by atoms with van der Waals surface area (Å²) in [6.45, 7) is 5.57. The van der Waals surface area contributed by atoms with Gasteiger partial charge in [-0.25, -0.2) is 0 Å². The van der Waals surface area contributed by atoms with Gasteiger partial charge in [0.25, 0.3) is 0 Å². The minimum absolute atomic E-state index is 0.202. The molecule has 2 atom stereocenters. The second-order valence-electron chi connectivity index (χ2n) is 5.05. The first kappa shape index (κ1) is 12.5. The number of aliphatic hydroxyl groups is 1. The highest BCUT2D eigenvalue weighted by atomic mass is 16.5. The quantitative estimate of drug-likeness (QED) is 0.837. The molecule has 0 radical (unpaired) electrons. The number of nitrogens with zero attached hydrogens (tertiary/aromatic N) is 2. The molecule has 1 aliphatic heterocycles. The predicted octanol–water partition coefficient (Wildman–Crippen LogP) is 1.21. The number of rotatable bonds is 5. The largest absolute Gasteiger partial charge is 0.392 e. The molecule has 1 aromatic rings. The van der Waals surface area contributed by atoms with Crippen LogP contribution in [-0.2, 0) is 17.6 Å². The van der Waals surface area contributed by atoms with Gasteiger partial charge in [0.2, 0.25) is 5.89 Å². The van der Waals surface area contributed by atoms with Crippen LogP contribution in [0.1, 0.15) is 32.0 Å². The molecule has 96 valence electrons. The van der Waals surface area contributed by atoms with Crippen LogP contribution in [0.2, 0.25) is 0 Å². The first-order valence-corrected chi connectivity index (χ1v) is 6.22. The zero-order valence-corrected chi connectivity index (χ0v) is 10.4. The van der Waals surface area contributed by atoms with Crippen molar-refractivity contribution < 1.29 is 14.4 Å². The van der Waals surface area contributed by atoms with E-state index in [4.69, 9.17) is 9.26 Å². The average molecular weight is 240 g/mol. The Morgan fingerprint density at radius 2 is 2.29 bits per heavy atom. The lowest BCUT2D eigenvalue weighted by molar-refractivity contribution is 0.116. The Labute approximate surface area is 101 Å². The Balaban J connectivity index is 1.86. The molecule has 0 bridgehead atoms. The van der Waals surface area contributed by atoms with Crippen LogP contribution < -0.4 is 0 Å². The first-order valence-electron chi connectivity index (χ1n) is 6.22. The summed E-state index contributed by atoms with van der Waals surface area (Å²) in [5.74, 6) is 1.97. The molecule has 0 aliphatic carbocycles. The molecule has 17 heavy (non-hydrogen) atoms. The van der Waals surface area contributed by atoms with Gasteiger partial charge < -0.3 is 14.4 Å². The summed E-state index contributed by atoms with van der Waals surface area (Å²) in [7, 11) is 0. The molecular formula is C12H20N2O3. The van der Waals surface area contributed by atoms with Crippen molar-refractivity contribution in [2.24, 2.45) is 11.8 Å². The van der Waals surface area contributed by atoms with Crippen LogP contribution in [0, 0.1) is 11.8 Å². The highest BCUT2D eigenvalue weighted by Crippen LogP contribution is 2.17. The summed E-state index contributed by atoms with van der Waals surface area (Å²) in [6, 6.07) is 0. The third-order valence-electron chi connectivity index (χ3n) is 3.16. The highest BCUT2D eigenvalue weighted by Gasteiger charge is 2.20. The van der Waals surface area contributed by atoms with E-state index in [0.29, 0.717) is 18.2 Å². The number of aromatic nitrogens is 2. The van der Waals surface area contributed by atoms with Gasteiger partial charge in [-0.15, -0.1) is 0 Å². The van der Waals surface area contributed by atoms with E-state index in [2.05, 4.69) is 10.1 Å². The van der Waals surface area contributed by atoms with Crippen molar-refractivity contribution in [3.63, 3.8) is 0 Å². The predicted molar refractivity (Wildman–Crippen MR) is 61.5 cm³/mol. The molecule has 0 amide bonds. The van der Waals surface area contributed by atoms with Crippen LogP contribution in [0.3, 0.4) is 0 Å². The van der Waals surface area contributed by atoms with Crippen LogP contribution in [0.15, 0.2) is 4.52 Å². The molecule has 1 aromatic heterocycles. The van der Waals surface area contributed by atoms with E-state index in [1.54, 1.807) is 0 Å². The van der Waals surface area contributed by atoms with Gasteiger partial charge in [0.15, 0.2) is 5.82 Å². The van der Waals surface area contributed by atoms with Crippen LogP contribution in [0.25, 0.3) is 0 Å². The Bertz CT molecular complexity index is 327. The summed E-state index contributed by atoms with van der Waals surface area (Å²) in [5.41, 5.74) is 0. The maximum atomic E-state index is 9.73. The van der Waals surface area contributed by atoms with E-state index in [0.717, 1.165) is 31.9 Å². The second kappa shape index (κ2) is 5.60. The van der Waals surface area contributed by atoms with Gasteiger partial charge in [-0.2, -0.15) is 4.98 Å². The molecule has 1 aliphatic rings. The van der Waals surface area contributed by atoms with Crippen molar-refractivity contribution in [3.8, 4) is 0 Å². The van der Waals surface area contributed by atoms with Crippen LogP contribution in [-0.4, -0.2) is 34.6 Å². The molecule has 5 heteroatoms. The fourth-order valence-electron chi connectivity index (χ4n) is 1.87. The summed E-state index contributed by atoms with van der Waals surface area (Å²) in [6.07, 6.45) is 1.89. The van der Waals surface area contributed by atoms with E-state index >= 15 is 0 Å². The molecule has 0 spiro atoms. The highest BCUT2D eigenvalue weighted by molar-refractivity contribution is 4.91. The standard InChI is InChI=1S/C12H20N2O3/c1-8(2)10(15)6-12-13-11(14-17-12)5-9-3-4-16-7-9/h8-10,15H,3-7H2,1-2H3. The third-order valence-corrected chi connectivity index (χ3v) is 3.16. The van der Waals surface area contributed by atoms with Gasteiger partial charge in [-0.05, 0) is 18.3 Å². The molecule has 1 N–H and O–H groups in total. The summed E-state index contributed by atoms with van der Waals surface area (Å²) < 4.78 is 10.4. The van der Waals surface area contributed by atoms with Crippen molar-refractivity contribution in [2.45, 2.75) is 39.2 Å². The van der Waals surface area contributed by atoms with E-state index in [9.17, 15) is 5.11 Å². The summed E-state index contributed by atoms with van der Waals surface area (Å²) >= 11 is 0. The fraction of sp³-hybridized carbons (Fsp3) is 0.833. The van der Waals surface area contributed by atoms with Gasteiger partial charge >= 0.3 is 0 Å². The van der Waals surface area contributed by atoms with E-state index in [1.807, 2.05) is 13.8 Å². The smallest absolute Gasteiger partial charge is 0.229 e. The van der Waals surface area contributed by atoms with E-state index in [-0.39, 0.29) is 5.92 Å². The number of ether oxygens (including phenoxy) is 1. The molecule has 2 unspecified atom stereocenters. The maximum Gasteiger partial charge on any atom is 0.229 e. The molecule has 0 saturated carbocycles. The van der Waals surface area contributed by atoms with Gasteiger partial charge in [-0.3, -0.25) is 0 Å². The van der Waals surface area contributed by atoms with Gasteiger partial charge in [0.05, 0.1) is 12.5 Å². The molecule has 2 heterocycles. The Kier molecular flexibility index (Phi) is 4.12. The Hall–Kier alpha value is -0.940. The first-order chi connectivity index (χ1) is 8.15. The van der Waals surface area contributed by atoms with E-state index in [1.165, 1.54) is 0 Å². The third kappa shape index (κ3) is 3.51. The van der Waals surface area contributed by atoms with Crippen LogP contribution in [0.4, 0.5) is 0 Å². The lowest BCUT2D eigenvalue weighted by Crippen LogP contribution is -2.17. The summed E-state index contributed by atoms with van der Waals surface area (Å²) in [4.78, 5) is 4.30. The minimum Gasteiger partial charge on any atom is -0.392 e. The zero-order valence-electron chi connectivity index (χ0n) is 10.4. The van der Waals surface area contributed by atoms with Crippen molar-refractivity contribution >= 4 is 0 Å². The zero-order chi connectivity index (χ0) is 12.3. The minimum atomic E-state index is -0.418. The van der Waals surface area contributed by atoms with Gasteiger partial charge in [0, 0.05) is 19.6 Å². The van der Waals surface area contributed by atoms with Crippen LogP contribution in [0.5, 0.6) is 0 Å². The fourth-order valence-corrected chi connectivity index (χ4v) is 1.87. The van der Waals surface area contributed by atoms with Crippen molar-refractivity contribution in [1.29, 1.82) is 0 Å². The van der Waals surface area contributed by atoms with Crippen molar-refractivity contribution in [2.75, 3.05) is 13.2 Å². The molecule has 5 nitrogen and oxygen atoms in total. The Morgan fingerprint density at radius 3 is 2.94 bits per heavy atom. The molecule has 1 fully saturated rings. The topological polar surface area (TPSA) is 68.4 Å². The van der Waals surface area contributed by atoms with E-state index < -0.39 is 6.10 Å². The van der Waals surface area contributed by atoms with Gasteiger partial charge in [-0.1, -0.05) is 19.0 Å². The average Bonchev–Trinajstić information content (AvgIpc) is 2.91. The molecule has 0 aromatic carbocycles. The lowest BCUT2D eigenvalue weighted by atomic mass is 10.0.